The number of pyridine rings is 1. The number of aromatic nitrogens is 1. The largest absolute Gasteiger partial charge is 0.354 e. The van der Waals surface area contributed by atoms with Gasteiger partial charge in [-0.05, 0) is 109 Å². The third-order valence-corrected chi connectivity index (χ3v) is 8.66. The van der Waals surface area contributed by atoms with E-state index in [0.29, 0.717) is 16.9 Å². The molecule has 2 unspecified atom stereocenters. The van der Waals surface area contributed by atoms with Crippen LogP contribution in [0.15, 0.2) is 60.7 Å². The summed E-state index contributed by atoms with van der Waals surface area (Å²) in [7, 11) is 3.44. The predicted molar refractivity (Wildman–Crippen MR) is 142 cm³/mol. The van der Waals surface area contributed by atoms with E-state index >= 15 is 0 Å². The van der Waals surface area contributed by atoms with Gasteiger partial charge in [0.2, 0.25) is 0 Å². The molecular formula is C29H31ClN4O. The quantitative estimate of drug-likeness (QED) is 0.393. The van der Waals surface area contributed by atoms with Crippen molar-refractivity contribution in [3.63, 3.8) is 0 Å². The lowest BCUT2D eigenvalue weighted by Gasteiger charge is -2.34. The first-order valence-electron chi connectivity index (χ1n) is 12.5. The smallest absolute Gasteiger partial charge is 0.272 e. The summed E-state index contributed by atoms with van der Waals surface area (Å²) < 4.78 is 0. The van der Waals surface area contributed by atoms with E-state index in [2.05, 4.69) is 33.8 Å². The molecule has 4 aliphatic carbocycles. The lowest BCUT2D eigenvalue weighted by Crippen LogP contribution is -2.27. The molecule has 35 heavy (non-hydrogen) atoms. The molecule has 1 heterocycles. The van der Waals surface area contributed by atoms with Crippen LogP contribution in [-0.2, 0) is 5.41 Å². The second kappa shape index (κ2) is 8.56. The van der Waals surface area contributed by atoms with Gasteiger partial charge in [0.1, 0.15) is 11.5 Å². The van der Waals surface area contributed by atoms with Crippen LogP contribution < -0.4 is 10.6 Å². The number of anilines is 4. The Morgan fingerprint density at radius 2 is 1.63 bits per heavy atom. The molecule has 3 aromatic rings. The summed E-state index contributed by atoms with van der Waals surface area (Å²) in [5, 5.41) is 7.53. The van der Waals surface area contributed by atoms with Crippen molar-refractivity contribution < 1.29 is 4.79 Å². The molecule has 4 bridgehead atoms. The fraction of sp³-hybridized carbons (Fsp3) is 0.379. The summed E-state index contributed by atoms with van der Waals surface area (Å²) in [4.78, 5) is 18.1. The Morgan fingerprint density at radius 1 is 0.943 bits per heavy atom. The average molecular weight is 487 g/mol. The summed E-state index contributed by atoms with van der Waals surface area (Å²) in [6.45, 7) is 0. The van der Waals surface area contributed by atoms with Gasteiger partial charge in [-0.15, -0.1) is 0 Å². The van der Waals surface area contributed by atoms with Crippen molar-refractivity contribution in [3.8, 4) is 0 Å². The first-order valence-corrected chi connectivity index (χ1v) is 12.9. The molecule has 2 N–H and O–H groups in total. The third kappa shape index (κ3) is 4.06. The second-order valence-corrected chi connectivity index (χ2v) is 11.2. The maximum Gasteiger partial charge on any atom is 0.272 e. The van der Waals surface area contributed by atoms with Gasteiger partial charge in [0.25, 0.3) is 5.91 Å². The zero-order valence-electron chi connectivity index (χ0n) is 20.2. The lowest BCUT2D eigenvalue weighted by molar-refractivity contribution is 0.0822. The maximum absolute atomic E-state index is 12.2. The number of nitrogens with one attached hydrogen (secondary N) is 2. The van der Waals surface area contributed by atoms with Crippen LogP contribution in [0.25, 0.3) is 0 Å². The minimum absolute atomic E-state index is 0.121. The Balaban J connectivity index is 1.14. The molecule has 7 rings (SSSR count). The standard InChI is InChI=1S/C29H31ClN4O/c1-34(2)28(35)26-4-3-5-27(33-26)32-23-9-7-22(8-10-23)31-25-11-6-20(15-24(25)30)29-16-18-12-19(17-29)14-21(29)13-18/h3-11,15,18-19,21,31H,12-14,16-17H2,1-2H3,(H,32,33). The lowest BCUT2D eigenvalue weighted by atomic mass is 9.71. The molecule has 0 radical (unpaired) electrons. The second-order valence-electron chi connectivity index (χ2n) is 10.8. The van der Waals surface area contributed by atoms with Gasteiger partial charge in [-0.2, -0.15) is 0 Å². The average Bonchev–Trinajstić information content (AvgIpc) is 3.25. The summed E-state index contributed by atoms with van der Waals surface area (Å²) in [5.74, 6) is 3.23. The van der Waals surface area contributed by atoms with Gasteiger partial charge >= 0.3 is 0 Å². The highest BCUT2D eigenvalue weighted by Crippen LogP contribution is 2.66. The fourth-order valence-corrected chi connectivity index (χ4v) is 7.21. The Morgan fingerprint density at radius 3 is 2.29 bits per heavy atom. The van der Waals surface area contributed by atoms with Crippen molar-refractivity contribution >= 4 is 40.4 Å². The number of benzene rings is 2. The number of rotatable bonds is 6. The van der Waals surface area contributed by atoms with Gasteiger partial charge in [0.05, 0.1) is 10.7 Å². The van der Waals surface area contributed by atoms with Crippen molar-refractivity contribution in [2.45, 2.75) is 37.5 Å². The van der Waals surface area contributed by atoms with E-state index in [1.807, 2.05) is 36.4 Å². The molecule has 4 fully saturated rings. The van der Waals surface area contributed by atoms with Crippen LogP contribution in [0, 0.1) is 17.8 Å². The van der Waals surface area contributed by atoms with E-state index in [1.54, 1.807) is 20.2 Å². The van der Waals surface area contributed by atoms with Gasteiger partial charge in [0, 0.05) is 25.5 Å². The van der Waals surface area contributed by atoms with Crippen molar-refractivity contribution in [1.29, 1.82) is 0 Å². The van der Waals surface area contributed by atoms with Crippen LogP contribution >= 0.6 is 11.6 Å². The summed E-state index contributed by atoms with van der Waals surface area (Å²) in [6.07, 6.45) is 6.99. The van der Waals surface area contributed by atoms with Crippen LogP contribution in [0.3, 0.4) is 0 Å². The van der Waals surface area contributed by atoms with Crippen LogP contribution in [0.4, 0.5) is 22.9 Å². The molecule has 0 aliphatic heterocycles. The highest BCUT2D eigenvalue weighted by molar-refractivity contribution is 6.33. The number of halogens is 1. The van der Waals surface area contributed by atoms with Crippen LogP contribution in [0.1, 0.15) is 48.2 Å². The van der Waals surface area contributed by atoms with E-state index in [4.69, 9.17) is 11.6 Å². The molecule has 1 aromatic heterocycles. The molecule has 5 nitrogen and oxygen atoms in total. The molecule has 2 atom stereocenters. The fourth-order valence-electron chi connectivity index (χ4n) is 6.99. The topological polar surface area (TPSA) is 57.3 Å². The van der Waals surface area contributed by atoms with Crippen molar-refractivity contribution in [3.05, 3.63) is 76.9 Å². The van der Waals surface area contributed by atoms with Gasteiger partial charge in [-0.3, -0.25) is 4.79 Å². The zero-order chi connectivity index (χ0) is 24.2. The Bertz CT molecular complexity index is 1260. The van der Waals surface area contributed by atoms with Crippen molar-refractivity contribution in [1.82, 2.24) is 9.88 Å². The maximum atomic E-state index is 12.2. The molecule has 0 spiro atoms. The Hall–Kier alpha value is -3.05. The number of amides is 1. The van der Waals surface area contributed by atoms with Crippen molar-refractivity contribution in [2.24, 2.45) is 17.8 Å². The van der Waals surface area contributed by atoms with E-state index in [0.717, 1.165) is 39.8 Å². The molecule has 4 saturated carbocycles. The summed E-state index contributed by atoms with van der Waals surface area (Å²) in [5.41, 5.74) is 5.03. The summed E-state index contributed by atoms with van der Waals surface area (Å²) >= 11 is 6.78. The van der Waals surface area contributed by atoms with Gasteiger partial charge in [-0.1, -0.05) is 23.7 Å². The first-order chi connectivity index (χ1) is 16.9. The molecule has 6 heteroatoms. The number of nitrogens with zero attached hydrogens (tertiary/aromatic N) is 2. The minimum atomic E-state index is -0.121. The summed E-state index contributed by atoms with van der Waals surface area (Å²) in [6, 6.07) is 20.1. The third-order valence-electron chi connectivity index (χ3n) is 8.34. The van der Waals surface area contributed by atoms with Crippen molar-refractivity contribution in [2.75, 3.05) is 24.7 Å². The predicted octanol–water partition coefficient (Wildman–Crippen LogP) is 7.00. The van der Waals surface area contributed by atoms with Crippen LogP contribution in [-0.4, -0.2) is 29.9 Å². The van der Waals surface area contributed by atoms with Gasteiger partial charge < -0.3 is 15.5 Å². The highest BCUT2D eigenvalue weighted by atomic mass is 35.5. The Kier molecular flexibility index (Phi) is 5.48. The van der Waals surface area contributed by atoms with Gasteiger partial charge in [-0.25, -0.2) is 4.98 Å². The SMILES string of the molecule is CN(C)C(=O)c1cccc(Nc2ccc(Nc3ccc(C45CC6CC(CC4C6)C5)cc3Cl)cc2)n1. The molecular weight excluding hydrogens is 456 g/mol. The number of hydrogen-bond acceptors (Lipinski definition) is 4. The van der Waals surface area contributed by atoms with Gasteiger partial charge in [0.15, 0.2) is 0 Å². The minimum Gasteiger partial charge on any atom is -0.354 e. The molecule has 1 amide bonds. The Labute approximate surface area is 211 Å². The first kappa shape index (κ1) is 22.4. The molecule has 0 saturated heterocycles. The van der Waals surface area contributed by atoms with E-state index in [9.17, 15) is 4.79 Å². The molecule has 4 aliphatic rings. The molecule has 180 valence electrons. The van der Waals surface area contributed by atoms with Crippen LogP contribution in [0.5, 0.6) is 0 Å². The van der Waals surface area contributed by atoms with E-state index < -0.39 is 0 Å². The highest BCUT2D eigenvalue weighted by Gasteiger charge is 2.58. The number of carbonyl (C=O) groups is 1. The monoisotopic (exact) mass is 486 g/mol. The number of carbonyl (C=O) groups excluding carboxylic acids is 1. The van der Waals surface area contributed by atoms with E-state index in [-0.39, 0.29) is 5.91 Å². The zero-order valence-corrected chi connectivity index (χ0v) is 21.0. The normalized spacial score (nSPS) is 26.1. The number of hydrogen-bond donors (Lipinski definition) is 2. The molecule has 2 aromatic carbocycles. The van der Waals surface area contributed by atoms with E-state index in [1.165, 1.54) is 42.6 Å². The van der Waals surface area contributed by atoms with Crippen LogP contribution in [0.2, 0.25) is 5.02 Å².